The first kappa shape index (κ1) is 21.6. The number of aromatic nitrogens is 2. The number of benzene rings is 2. The number of hydrogen-bond donors (Lipinski definition) is 0. The minimum absolute atomic E-state index is 0.0484. The summed E-state index contributed by atoms with van der Waals surface area (Å²) in [5.41, 5.74) is 3.48. The number of Topliss-reactive ketones (excluding diaryl/α,β-unsaturated/α-hetero) is 1. The molecule has 4 rings (SSSR count). The molecule has 0 radical (unpaired) electrons. The Morgan fingerprint density at radius 1 is 1.19 bits per heavy atom. The Morgan fingerprint density at radius 3 is 2.58 bits per heavy atom. The highest BCUT2D eigenvalue weighted by molar-refractivity contribution is 7.99. The van der Waals surface area contributed by atoms with Gasteiger partial charge in [0.05, 0.1) is 11.1 Å². The molecule has 4 aromatic rings. The standard InChI is InChI=1S/C24H19ClN2O2S2/c1-3-12-27-23(29)21-19(16-6-4-15(2)5-7-16)13-30-22(21)26-24(27)31-14-20(28)17-8-10-18(25)11-9-17/h3-11,13H,1,12,14H2,2H3. The van der Waals surface area contributed by atoms with Crippen LogP contribution in [0.5, 0.6) is 0 Å². The molecule has 0 atom stereocenters. The Hall–Kier alpha value is -2.67. The van der Waals surface area contributed by atoms with Crippen LogP contribution in [0, 0.1) is 6.92 Å². The van der Waals surface area contributed by atoms with E-state index in [4.69, 9.17) is 16.6 Å². The molecule has 0 bridgehead atoms. The maximum atomic E-state index is 13.4. The van der Waals surface area contributed by atoms with Crippen molar-refractivity contribution in [3.05, 3.63) is 93.1 Å². The van der Waals surface area contributed by atoms with Gasteiger partial charge >= 0.3 is 0 Å². The summed E-state index contributed by atoms with van der Waals surface area (Å²) in [5, 5.41) is 3.66. The van der Waals surface area contributed by atoms with E-state index in [1.165, 1.54) is 23.1 Å². The van der Waals surface area contributed by atoms with Crippen LogP contribution in [-0.4, -0.2) is 21.1 Å². The molecule has 0 amide bonds. The molecule has 2 aromatic heterocycles. The molecule has 7 heteroatoms. The lowest BCUT2D eigenvalue weighted by Gasteiger charge is -2.10. The van der Waals surface area contributed by atoms with Crippen molar-refractivity contribution in [1.29, 1.82) is 0 Å². The van der Waals surface area contributed by atoms with Gasteiger partial charge < -0.3 is 0 Å². The first-order valence-corrected chi connectivity index (χ1v) is 11.8. The summed E-state index contributed by atoms with van der Waals surface area (Å²) in [7, 11) is 0. The van der Waals surface area contributed by atoms with Crippen molar-refractivity contribution in [3.63, 3.8) is 0 Å². The van der Waals surface area contributed by atoms with Crippen molar-refractivity contribution in [3.8, 4) is 11.1 Å². The van der Waals surface area contributed by atoms with E-state index in [9.17, 15) is 9.59 Å². The van der Waals surface area contributed by atoms with E-state index in [0.717, 1.165) is 16.7 Å². The number of thiophene rings is 1. The third-order valence-corrected chi connectivity index (χ3v) is 6.93. The van der Waals surface area contributed by atoms with Crippen molar-refractivity contribution < 1.29 is 4.79 Å². The SMILES string of the molecule is C=CCn1c(SCC(=O)c2ccc(Cl)cc2)nc2scc(-c3ccc(C)cc3)c2c1=O. The second-order valence-electron chi connectivity index (χ2n) is 7.01. The lowest BCUT2D eigenvalue weighted by Crippen LogP contribution is -2.23. The van der Waals surface area contributed by atoms with Crippen LogP contribution >= 0.6 is 34.7 Å². The maximum Gasteiger partial charge on any atom is 0.263 e. The van der Waals surface area contributed by atoms with Gasteiger partial charge in [-0.15, -0.1) is 17.9 Å². The van der Waals surface area contributed by atoms with Crippen LogP contribution in [0.3, 0.4) is 0 Å². The van der Waals surface area contributed by atoms with Crippen LogP contribution in [0.15, 0.2) is 76.5 Å². The van der Waals surface area contributed by atoms with E-state index >= 15 is 0 Å². The second kappa shape index (κ2) is 9.22. The van der Waals surface area contributed by atoms with Crippen molar-refractivity contribution in [2.75, 3.05) is 5.75 Å². The third-order valence-electron chi connectivity index (χ3n) is 4.83. The zero-order valence-corrected chi connectivity index (χ0v) is 19.2. The zero-order chi connectivity index (χ0) is 22.0. The summed E-state index contributed by atoms with van der Waals surface area (Å²) in [6.45, 7) is 6.13. The first-order chi connectivity index (χ1) is 15.0. The highest BCUT2D eigenvalue weighted by Gasteiger charge is 2.18. The summed E-state index contributed by atoms with van der Waals surface area (Å²) >= 11 is 8.59. The van der Waals surface area contributed by atoms with Gasteiger partial charge in [-0.2, -0.15) is 0 Å². The van der Waals surface area contributed by atoms with Gasteiger partial charge in [-0.3, -0.25) is 14.2 Å². The van der Waals surface area contributed by atoms with Gasteiger partial charge in [-0.1, -0.05) is 59.3 Å². The topological polar surface area (TPSA) is 52.0 Å². The monoisotopic (exact) mass is 466 g/mol. The number of allylic oxidation sites excluding steroid dienone is 1. The molecule has 0 fully saturated rings. The fourth-order valence-corrected chi connectivity index (χ4v) is 5.22. The molecule has 0 aliphatic heterocycles. The van der Waals surface area contributed by atoms with E-state index in [-0.39, 0.29) is 17.1 Å². The van der Waals surface area contributed by atoms with E-state index in [1.807, 2.05) is 36.6 Å². The number of carbonyl (C=O) groups is 1. The molecule has 0 saturated carbocycles. The van der Waals surface area contributed by atoms with Crippen LogP contribution in [0.2, 0.25) is 5.02 Å². The minimum atomic E-state index is -0.122. The van der Waals surface area contributed by atoms with Crippen molar-refractivity contribution in [1.82, 2.24) is 9.55 Å². The molecule has 0 aliphatic carbocycles. The molecule has 2 aromatic carbocycles. The summed E-state index contributed by atoms with van der Waals surface area (Å²) in [4.78, 5) is 31.3. The number of aryl methyl sites for hydroxylation is 1. The molecular formula is C24H19ClN2O2S2. The summed E-state index contributed by atoms with van der Waals surface area (Å²) < 4.78 is 1.58. The molecule has 156 valence electrons. The summed E-state index contributed by atoms with van der Waals surface area (Å²) in [5.74, 6) is 0.125. The van der Waals surface area contributed by atoms with Gasteiger partial charge in [-0.05, 0) is 36.8 Å². The van der Waals surface area contributed by atoms with Crippen LogP contribution < -0.4 is 5.56 Å². The molecular weight excluding hydrogens is 448 g/mol. The fourth-order valence-electron chi connectivity index (χ4n) is 3.20. The normalized spacial score (nSPS) is 11.0. The number of rotatable bonds is 7. The number of hydrogen-bond acceptors (Lipinski definition) is 5. The average Bonchev–Trinajstić information content (AvgIpc) is 3.19. The third kappa shape index (κ3) is 4.51. The van der Waals surface area contributed by atoms with E-state index < -0.39 is 0 Å². The Kier molecular flexibility index (Phi) is 6.41. The lowest BCUT2D eigenvalue weighted by molar-refractivity contribution is 0.102. The maximum absolute atomic E-state index is 13.4. The predicted molar refractivity (Wildman–Crippen MR) is 131 cm³/mol. The number of thioether (sulfide) groups is 1. The number of ketones is 1. The van der Waals surface area contributed by atoms with Crippen molar-refractivity contribution in [2.24, 2.45) is 0 Å². The smallest absolute Gasteiger partial charge is 0.263 e. The molecule has 31 heavy (non-hydrogen) atoms. The van der Waals surface area contributed by atoms with E-state index in [1.54, 1.807) is 34.9 Å². The molecule has 0 saturated heterocycles. The van der Waals surface area contributed by atoms with Gasteiger partial charge in [0.15, 0.2) is 10.9 Å². The van der Waals surface area contributed by atoms with Crippen molar-refractivity contribution in [2.45, 2.75) is 18.6 Å². The van der Waals surface area contributed by atoms with Crippen LogP contribution in [0.1, 0.15) is 15.9 Å². The molecule has 0 aliphatic rings. The Bertz CT molecular complexity index is 1320. The molecule has 0 spiro atoms. The fraction of sp³-hybridized carbons (Fsp3) is 0.125. The van der Waals surface area contributed by atoms with Gasteiger partial charge in [0.1, 0.15) is 4.83 Å². The Labute approximate surface area is 193 Å². The Balaban J connectivity index is 1.70. The Morgan fingerprint density at radius 2 is 1.90 bits per heavy atom. The summed E-state index contributed by atoms with van der Waals surface area (Å²) in [6, 6.07) is 14.9. The van der Waals surface area contributed by atoms with E-state index in [2.05, 4.69) is 6.58 Å². The average molecular weight is 467 g/mol. The summed E-state index contributed by atoms with van der Waals surface area (Å²) in [6.07, 6.45) is 1.66. The highest BCUT2D eigenvalue weighted by Crippen LogP contribution is 2.32. The van der Waals surface area contributed by atoms with Gasteiger partial charge in [0, 0.05) is 28.1 Å². The molecule has 0 unspecified atom stereocenters. The molecule has 0 N–H and O–H groups in total. The number of carbonyl (C=O) groups excluding carboxylic acids is 1. The number of halogens is 1. The van der Waals surface area contributed by atoms with Crippen molar-refractivity contribution >= 4 is 50.7 Å². The molecule has 4 nitrogen and oxygen atoms in total. The minimum Gasteiger partial charge on any atom is -0.293 e. The van der Waals surface area contributed by atoms with Gasteiger partial charge in [0.2, 0.25) is 0 Å². The lowest BCUT2D eigenvalue weighted by atomic mass is 10.1. The van der Waals surface area contributed by atoms with Crippen LogP contribution in [0.4, 0.5) is 0 Å². The largest absolute Gasteiger partial charge is 0.293 e. The van der Waals surface area contributed by atoms with Crippen LogP contribution in [-0.2, 0) is 6.54 Å². The second-order valence-corrected chi connectivity index (χ2v) is 9.25. The van der Waals surface area contributed by atoms with Gasteiger partial charge in [-0.25, -0.2) is 4.98 Å². The number of nitrogens with zero attached hydrogens (tertiary/aromatic N) is 2. The quantitative estimate of drug-likeness (QED) is 0.140. The number of fused-ring (bicyclic) bond motifs is 1. The highest BCUT2D eigenvalue weighted by atomic mass is 35.5. The van der Waals surface area contributed by atoms with Crippen LogP contribution in [0.25, 0.3) is 21.3 Å². The molecule has 2 heterocycles. The predicted octanol–water partition coefficient (Wildman–Crippen LogP) is 6.25. The first-order valence-electron chi connectivity index (χ1n) is 9.59. The zero-order valence-electron chi connectivity index (χ0n) is 16.8. The van der Waals surface area contributed by atoms with E-state index in [0.29, 0.717) is 32.5 Å². The van der Waals surface area contributed by atoms with Gasteiger partial charge in [0.25, 0.3) is 5.56 Å².